The zero-order valence-corrected chi connectivity index (χ0v) is 19.3. The number of rotatable bonds is 4. The van der Waals surface area contributed by atoms with Gasteiger partial charge in [-0.1, -0.05) is 48.5 Å². The van der Waals surface area contributed by atoms with Gasteiger partial charge >= 0.3 is 5.97 Å². The Bertz CT molecular complexity index is 1300. The number of aryl methyl sites for hydroxylation is 1. The van der Waals surface area contributed by atoms with Gasteiger partial charge in [0, 0.05) is 0 Å². The summed E-state index contributed by atoms with van der Waals surface area (Å²) >= 11 is 0. The summed E-state index contributed by atoms with van der Waals surface area (Å²) in [6, 6.07) is 20.2. The summed E-state index contributed by atoms with van der Waals surface area (Å²) in [5.74, 6) is 0.00368. The number of carbonyl (C=O) groups excluding carboxylic acids is 1. The fourth-order valence-electron chi connectivity index (χ4n) is 4.94. The summed E-state index contributed by atoms with van der Waals surface area (Å²) in [5, 5.41) is 0. The number of ether oxygens (including phenoxy) is 3. The van der Waals surface area contributed by atoms with Crippen molar-refractivity contribution in [2.24, 2.45) is 0 Å². The summed E-state index contributed by atoms with van der Waals surface area (Å²) in [4.78, 5) is 12.9. The third-order valence-electron chi connectivity index (χ3n) is 6.77. The maximum Gasteiger partial charge on any atom is 0.338 e. The number of methoxy groups -OCH3 is 2. The largest absolute Gasteiger partial charge is 0.497 e. The predicted octanol–water partition coefficient (Wildman–Crippen LogP) is 5.70. The Hall–Kier alpha value is -3.70. The maximum absolute atomic E-state index is 13.8. The molecular formula is C29H25FO4. The molecule has 1 aliphatic heterocycles. The van der Waals surface area contributed by atoms with Crippen LogP contribution in [0.15, 0.2) is 84.0 Å². The molecule has 172 valence electrons. The Morgan fingerprint density at radius 1 is 1.00 bits per heavy atom. The van der Waals surface area contributed by atoms with Crippen LogP contribution >= 0.6 is 0 Å². The minimum absolute atomic E-state index is 0.312. The molecule has 0 amide bonds. The van der Waals surface area contributed by atoms with Crippen molar-refractivity contribution >= 4 is 12.0 Å². The predicted molar refractivity (Wildman–Crippen MR) is 128 cm³/mol. The van der Waals surface area contributed by atoms with Crippen molar-refractivity contribution in [2.45, 2.75) is 18.4 Å². The van der Waals surface area contributed by atoms with Crippen LogP contribution in [0.1, 0.15) is 33.9 Å². The van der Waals surface area contributed by atoms with Crippen molar-refractivity contribution in [3.8, 4) is 5.75 Å². The molecule has 3 aromatic carbocycles. The lowest BCUT2D eigenvalue weighted by molar-refractivity contribution is -0.136. The number of esters is 1. The lowest BCUT2D eigenvalue weighted by Gasteiger charge is -2.41. The lowest BCUT2D eigenvalue weighted by atomic mass is 9.69. The number of benzene rings is 3. The highest BCUT2D eigenvalue weighted by Gasteiger charge is 2.43. The highest BCUT2D eigenvalue weighted by Crippen LogP contribution is 2.49. The van der Waals surface area contributed by atoms with Gasteiger partial charge in [-0.15, -0.1) is 0 Å². The van der Waals surface area contributed by atoms with Gasteiger partial charge in [-0.2, -0.15) is 0 Å². The molecule has 2 aliphatic rings. The van der Waals surface area contributed by atoms with Gasteiger partial charge in [0.1, 0.15) is 17.7 Å². The first-order valence-electron chi connectivity index (χ1n) is 11.1. The molecule has 34 heavy (non-hydrogen) atoms. The molecule has 0 bridgehead atoms. The fourth-order valence-corrected chi connectivity index (χ4v) is 4.94. The van der Waals surface area contributed by atoms with Crippen LogP contribution in [0.4, 0.5) is 4.39 Å². The highest BCUT2D eigenvalue weighted by molar-refractivity contribution is 6.00. The van der Waals surface area contributed by atoms with Crippen molar-refractivity contribution in [1.29, 1.82) is 0 Å². The van der Waals surface area contributed by atoms with Crippen LogP contribution in [-0.2, 0) is 19.7 Å². The van der Waals surface area contributed by atoms with E-state index >= 15 is 0 Å². The standard InChI is InChI=1S/C29H25FO4/c1-18-5-4-6-23-24(18)15-25(28(31)33-3)26-16-29(17-34-27(23)26,19-7-11-21(30)12-8-19)20-9-13-22(32-2)14-10-20/h4-16,27H,17H2,1-3H3. The molecule has 1 heterocycles. The van der Waals surface area contributed by atoms with E-state index in [2.05, 4.69) is 6.08 Å². The Balaban J connectivity index is 1.76. The first kappa shape index (κ1) is 22.1. The zero-order valence-electron chi connectivity index (χ0n) is 19.3. The molecule has 3 aromatic rings. The van der Waals surface area contributed by atoms with Crippen LogP contribution in [0.25, 0.3) is 6.08 Å². The van der Waals surface area contributed by atoms with E-state index in [-0.39, 0.29) is 5.82 Å². The number of hydrogen-bond donors (Lipinski definition) is 0. The van der Waals surface area contributed by atoms with E-state index in [0.717, 1.165) is 39.1 Å². The smallest absolute Gasteiger partial charge is 0.338 e. The summed E-state index contributed by atoms with van der Waals surface area (Å²) in [6.45, 7) is 2.34. The second kappa shape index (κ2) is 8.58. The molecule has 0 N–H and O–H groups in total. The van der Waals surface area contributed by atoms with Crippen molar-refractivity contribution in [3.63, 3.8) is 0 Å². The Labute approximate surface area is 198 Å². The minimum atomic E-state index is -0.736. The van der Waals surface area contributed by atoms with E-state index in [4.69, 9.17) is 14.2 Å². The number of fused-ring (bicyclic) bond motifs is 3. The molecule has 0 spiro atoms. The molecule has 0 saturated carbocycles. The minimum Gasteiger partial charge on any atom is -0.497 e. The SMILES string of the molecule is COC(=O)C1=Cc2c(C)cccc2C2OCC(c3ccc(F)cc3)(c3ccc(OC)cc3)C=C12. The van der Waals surface area contributed by atoms with Crippen LogP contribution in [0.3, 0.4) is 0 Å². The maximum atomic E-state index is 13.8. The molecule has 1 aliphatic carbocycles. The number of hydrogen-bond acceptors (Lipinski definition) is 4. The monoisotopic (exact) mass is 456 g/mol. The van der Waals surface area contributed by atoms with Gasteiger partial charge in [-0.3, -0.25) is 0 Å². The molecular weight excluding hydrogens is 431 g/mol. The molecule has 0 aromatic heterocycles. The topological polar surface area (TPSA) is 44.8 Å². The quantitative estimate of drug-likeness (QED) is 0.473. The third kappa shape index (κ3) is 3.53. The van der Waals surface area contributed by atoms with Crippen LogP contribution in [0.5, 0.6) is 5.75 Å². The van der Waals surface area contributed by atoms with Gasteiger partial charge in [-0.25, -0.2) is 9.18 Å². The lowest BCUT2D eigenvalue weighted by Crippen LogP contribution is -2.38. The number of halogens is 1. The van der Waals surface area contributed by atoms with Crippen molar-refractivity contribution in [2.75, 3.05) is 20.8 Å². The summed E-state index contributed by atoms with van der Waals surface area (Å²) in [5.41, 5.74) is 5.34. The average Bonchev–Trinajstić information content (AvgIpc) is 2.88. The van der Waals surface area contributed by atoms with E-state index in [1.807, 2.05) is 55.5 Å². The van der Waals surface area contributed by atoms with Crippen LogP contribution in [0.2, 0.25) is 0 Å². The van der Waals surface area contributed by atoms with Gasteiger partial charge in [0.25, 0.3) is 0 Å². The van der Waals surface area contributed by atoms with Crippen LogP contribution in [-0.4, -0.2) is 26.8 Å². The van der Waals surface area contributed by atoms with Gasteiger partial charge < -0.3 is 14.2 Å². The molecule has 2 atom stereocenters. The third-order valence-corrected chi connectivity index (χ3v) is 6.77. The molecule has 0 fully saturated rings. The van der Waals surface area contributed by atoms with E-state index in [0.29, 0.717) is 12.2 Å². The molecule has 0 radical (unpaired) electrons. The average molecular weight is 457 g/mol. The van der Waals surface area contributed by atoms with Crippen molar-refractivity contribution < 1.29 is 23.4 Å². The normalized spacial score (nSPS) is 21.0. The van der Waals surface area contributed by atoms with Gasteiger partial charge in [0.05, 0.1) is 31.8 Å². The summed E-state index contributed by atoms with van der Waals surface area (Å²) < 4.78 is 30.9. The second-order valence-corrected chi connectivity index (χ2v) is 8.62. The van der Waals surface area contributed by atoms with E-state index in [1.165, 1.54) is 19.2 Å². The first-order chi connectivity index (χ1) is 16.5. The summed E-state index contributed by atoms with van der Waals surface area (Å²) in [7, 11) is 3.00. The highest BCUT2D eigenvalue weighted by atomic mass is 19.1. The van der Waals surface area contributed by atoms with Crippen LogP contribution in [0, 0.1) is 12.7 Å². The Morgan fingerprint density at radius 2 is 1.68 bits per heavy atom. The molecule has 0 saturated heterocycles. The molecule has 5 rings (SSSR count). The van der Waals surface area contributed by atoms with E-state index in [9.17, 15) is 9.18 Å². The van der Waals surface area contributed by atoms with Gasteiger partial charge in [0.2, 0.25) is 0 Å². The fraction of sp³-hybridized carbons (Fsp3) is 0.207. The van der Waals surface area contributed by atoms with Crippen LogP contribution < -0.4 is 4.74 Å². The first-order valence-corrected chi connectivity index (χ1v) is 11.1. The Kier molecular flexibility index (Phi) is 5.58. The Morgan fingerprint density at radius 3 is 2.32 bits per heavy atom. The van der Waals surface area contributed by atoms with Crippen molar-refractivity contribution in [1.82, 2.24) is 0 Å². The number of carbonyl (C=O) groups is 1. The van der Waals surface area contributed by atoms with Gasteiger partial charge in [-0.05, 0) is 70.7 Å². The second-order valence-electron chi connectivity index (χ2n) is 8.62. The molecule has 5 heteroatoms. The zero-order chi connectivity index (χ0) is 23.9. The summed E-state index contributed by atoms with van der Waals surface area (Å²) in [6.07, 6.45) is 3.57. The van der Waals surface area contributed by atoms with E-state index < -0.39 is 17.5 Å². The van der Waals surface area contributed by atoms with Crippen molar-refractivity contribution in [3.05, 3.63) is 118 Å². The molecule has 2 unspecified atom stereocenters. The van der Waals surface area contributed by atoms with E-state index in [1.54, 1.807) is 19.2 Å². The molecule has 4 nitrogen and oxygen atoms in total. The van der Waals surface area contributed by atoms with Gasteiger partial charge in [0.15, 0.2) is 0 Å².